The lowest BCUT2D eigenvalue weighted by Crippen LogP contribution is -2.61. The number of esters is 2. The molecule has 0 spiro atoms. The Morgan fingerprint density at radius 1 is 0.423 bits per heavy atom. The monoisotopic (exact) mass is 1110 g/mol. The number of ether oxygens (including phenoxy) is 6. The second-order valence-electron chi connectivity index (χ2n) is 21.9. The van der Waals surface area contributed by atoms with E-state index in [2.05, 4.69) is 62.5 Å². The van der Waals surface area contributed by atoms with Crippen molar-refractivity contribution in [2.45, 2.75) is 313 Å². The zero-order valence-electron chi connectivity index (χ0n) is 48.7. The van der Waals surface area contributed by atoms with Gasteiger partial charge in [-0.1, -0.05) is 229 Å². The molecule has 0 amide bonds. The van der Waals surface area contributed by atoms with Crippen molar-refractivity contribution in [2.24, 2.45) is 0 Å². The Morgan fingerprint density at radius 3 is 1.27 bits per heavy atom. The second-order valence-corrected chi connectivity index (χ2v) is 21.9. The summed E-state index contributed by atoms with van der Waals surface area (Å²) in [6, 6.07) is 0. The van der Waals surface area contributed by atoms with E-state index in [-0.39, 0.29) is 26.1 Å². The van der Waals surface area contributed by atoms with Gasteiger partial charge in [-0.25, -0.2) is 0 Å². The summed E-state index contributed by atoms with van der Waals surface area (Å²) in [5, 5.41) is 72.4. The van der Waals surface area contributed by atoms with Crippen LogP contribution in [0.1, 0.15) is 245 Å². The number of aliphatic hydroxyl groups excluding tert-OH is 7. The first-order valence-corrected chi connectivity index (χ1v) is 31.2. The molecule has 0 aromatic heterocycles. The molecule has 2 fully saturated rings. The van der Waals surface area contributed by atoms with E-state index in [4.69, 9.17) is 28.4 Å². The van der Waals surface area contributed by atoms with E-state index in [9.17, 15) is 45.3 Å². The molecule has 0 radical (unpaired) electrons. The molecule has 0 aromatic rings. The summed E-state index contributed by atoms with van der Waals surface area (Å²) >= 11 is 0. The molecule has 2 aliphatic heterocycles. The molecular weight excluding hydrogens is 997 g/mol. The summed E-state index contributed by atoms with van der Waals surface area (Å²) in [6.45, 7) is 2.51. The molecule has 0 aromatic carbocycles. The zero-order chi connectivity index (χ0) is 56.7. The average molecular weight is 1110 g/mol. The summed E-state index contributed by atoms with van der Waals surface area (Å²) in [4.78, 5) is 26.0. The number of rotatable bonds is 50. The molecule has 454 valence electrons. The van der Waals surface area contributed by atoms with Gasteiger partial charge >= 0.3 is 11.9 Å². The molecule has 0 aliphatic carbocycles. The lowest BCUT2D eigenvalue weighted by Gasteiger charge is -2.42. The Hall–Kier alpha value is -2.54. The van der Waals surface area contributed by atoms with Crippen LogP contribution in [0, 0.1) is 0 Å². The number of unbranched alkanes of at least 4 members (excludes halogenated alkanes) is 28. The molecule has 2 saturated heterocycles. The van der Waals surface area contributed by atoms with Gasteiger partial charge in [0, 0.05) is 12.8 Å². The number of aliphatic hydroxyl groups is 7. The smallest absolute Gasteiger partial charge is 0.306 e. The van der Waals surface area contributed by atoms with E-state index in [1.54, 1.807) is 0 Å². The number of hydrogen-bond acceptors (Lipinski definition) is 15. The molecule has 15 nitrogen and oxygen atoms in total. The first-order chi connectivity index (χ1) is 38.0. The van der Waals surface area contributed by atoms with Crippen molar-refractivity contribution in [3.05, 3.63) is 48.6 Å². The van der Waals surface area contributed by atoms with Gasteiger partial charge in [0.1, 0.15) is 55.4 Å². The van der Waals surface area contributed by atoms with Crippen molar-refractivity contribution in [2.75, 3.05) is 26.4 Å². The number of hydrogen-bond donors (Lipinski definition) is 7. The molecule has 7 N–H and O–H groups in total. The molecule has 11 atom stereocenters. The van der Waals surface area contributed by atoms with Crippen molar-refractivity contribution in [1.29, 1.82) is 0 Å². The highest BCUT2D eigenvalue weighted by atomic mass is 16.7. The first-order valence-electron chi connectivity index (χ1n) is 31.2. The van der Waals surface area contributed by atoms with Gasteiger partial charge < -0.3 is 64.2 Å². The summed E-state index contributed by atoms with van der Waals surface area (Å²) in [6.07, 6.45) is 41.3. The lowest BCUT2D eigenvalue weighted by molar-refractivity contribution is -0.332. The van der Waals surface area contributed by atoms with Gasteiger partial charge in [0.2, 0.25) is 0 Å². The fraction of sp³-hybridized carbons (Fsp3) is 0.841. The Balaban J connectivity index is 1.72. The minimum absolute atomic E-state index is 0.150. The van der Waals surface area contributed by atoms with Crippen LogP contribution in [-0.2, 0) is 38.0 Å². The molecule has 11 unspecified atom stereocenters. The predicted octanol–water partition coefficient (Wildman–Crippen LogP) is 11.4. The molecule has 78 heavy (non-hydrogen) atoms. The van der Waals surface area contributed by atoms with Crippen molar-refractivity contribution in [3.63, 3.8) is 0 Å². The van der Waals surface area contributed by atoms with E-state index >= 15 is 0 Å². The van der Waals surface area contributed by atoms with Gasteiger partial charge in [0.05, 0.1) is 19.8 Å². The minimum atomic E-state index is -1.77. The molecule has 15 heteroatoms. The molecule has 2 aliphatic rings. The van der Waals surface area contributed by atoms with Gasteiger partial charge in [0.15, 0.2) is 18.7 Å². The van der Waals surface area contributed by atoms with Crippen LogP contribution < -0.4 is 0 Å². The maximum atomic E-state index is 13.1. The summed E-state index contributed by atoms with van der Waals surface area (Å²) in [7, 11) is 0. The largest absolute Gasteiger partial charge is 0.462 e. The highest BCUT2D eigenvalue weighted by Gasteiger charge is 2.47. The quantitative estimate of drug-likeness (QED) is 0.0171. The third-order valence-electron chi connectivity index (χ3n) is 14.8. The van der Waals surface area contributed by atoms with E-state index in [0.717, 1.165) is 83.5 Å². The lowest BCUT2D eigenvalue weighted by atomic mass is 9.98. The van der Waals surface area contributed by atoms with E-state index in [1.807, 2.05) is 0 Å². The van der Waals surface area contributed by atoms with Gasteiger partial charge in [-0.05, 0) is 51.4 Å². The van der Waals surface area contributed by atoms with E-state index in [0.29, 0.717) is 12.8 Å². The van der Waals surface area contributed by atoms with Crippen molar-refractivity contribution in [1.82, 2.24) is 0 Å². The Kier molecular flexibility index (Phi) is 45.1. The molecule has 0 saturated carbocycles. The maximum Gasteiger partial charge on any atom is 0.306 e. The van der Waals surface area contributed by atoms with Crippen LogP contribution in [0.25, 0.3) is 0 Å². The summed E-state index contributed by atoms with van der Waals surface area (Å²) < 4.78 is 33.7. The zero-order valence-corrected chi connectivity index (χ0v) is 48.7. The van der Waals surface area contributed by atoms with E-state index < -0.39 is 92.7 Å². The SMILES string of the molecule is CC/C=C\C/C=C\C/C=C\C/C=C\CCCCCCCCC(=O)OC(COC(=O)CCCCCCCCCCCCCCCCCCCCCCCCC)COC1OC(COC2OC(CO)C(O)C(O)C2O)C(O)C(O)C1O. The maximum absolute atomic E-state index is 13.1. The van der Waals surface area contributed by atoms with Gasteiger partial charge in [-0.3, -0.25) is 9.59 Å². The fourth-order valence-corrected chi connectivity index (χ4v) is 9.80. The second kappa shape index (κ2) is 49.1. The molecule has 2 heterocycles. The van der Waals surface area contributed by atoms with Crippen LogP contribution in [0.15, 0.2) is 48.6 Å². The molecular formula is C63H112O15. The van der Waals surface area contributed by atoms with Gasteiger partial charge in [0.25, 0.3) is 0 Å². The van der Waals surface area contributed by atoms with Crippen LogP contribution >= 0.6 is 0 Å². The third-order valence-corrected chi connectivity index (χ3v) is 14.8. The van der Waals surface area contributed by atoms with E-state index in [1.165, 1.54) is 122 Å². The number of carbonyl (C=O) groups excluding carboxylic acids is 2. The van der Waals surface area contributed by atoms with Crippen molar-refractivity contribution in [3.8, 4) is 0 Å². The Labute approximate surface area is 471 Å². The van der Waals surface area contributed by atoms with Crippen LogP contribution in [0.3, 0.4) is 0 Å². The summed E-state index contributed by atoms with van der Waals surface area (Å²) in [5.41, 5.74) is 0. The predicted molar refractivity (Wildman–Crippen MR) is 307 cm³/mol. The molecule has 2 rings (SSSR count). The van der Waals surface area contributed by atoms with Crippen LogP contribution in [0.2, 0.25) is 0 Å². The van der Waals surface area contributed by atoms with Crippen LogP contribution in [-0.4, -0.2) is 142 Å². The summed E-state index contributed by atoms with van der Waals surface area (Å²) in [5.74, 6) is -0.931. The van der Waals surface area contributed by atoms with Crippen molar-refractivity contribution < 1.29 is 73.8 Å². The minimum Gasteiger partial charge on any atom is -0.462 e. The highest BCUT2D eigenvalue weighted by Crippen LogP contribution is 2.27. The highest BCUT2D eigenvalue weighted by molar-refractivity contribution is 5.70. The topological polar surface area (TPSA) is 231 Å². The standard InChI is InChI=1S/C63H112O15/c1-3-5-7-9-11-13-15-17-19-21-23-24-25-26-28-29-31-33-35-37-39-41-43-45-54(65)73-48-51(76-55(66)46-44-42-40-38-36-34-32-30-27-22-20-18-16-14-12-10-8-6-4-2)49-74-62-61(72)59(70)57(68)53(78-62)50-75-63-60(71)58(69)56(67)52(47-64)77-63/h6,8,12,14,18,20,27,30,51-53,56-64,67-72H,3-5,7,9-11,13,15-17,19,21-26,28-29,31-50H2,1-2H3/b8-6-,14-12-,20-18-,30-27-. The number of allylic oxidation sites excluding steroid dienone is 8. The van der Waals surface area contributed by atoms with Gasteiger partial charge in [-0.2, -0.15) is 0 Å². The Bertz CT molecular complexity index is 1540. The van der Waals surface area contributed by atoms with Gasteiger partial charge in [-0.15, -0.1) is 0 Å². The first kappa shape index (κ1) is 71.6. The fourth-order valence-electron chi connectivity index (χ4n) is 9.80. The number of carbonyl (C=O) groups is 2. The Morgan fingerprint density at radius 2 is 0.808 bits per heavy atom. The normalized spacial score (nSPS) is 24.3. The van der Waals surface area contributed by atoms with Crippen LogP contribution in [0.4, 0.5) is 0 Å². The third kappa shape index (κ3) is 35.3. The average Bonchev–Trinajstić information content (AvgIpc) is 3.43. The van der Waals surface area contributed by atoms with Crippen LogP contribution in [0.5, 0.6) is 0 Å². The molecule has 0 bridgehead atoms. The van der Waals surface area contributed by atoms with Crippen molar-refractivity contribution >= 4 is 11.9 Å².